The topological polar surface area (TPSA) is 39.1 Å². The molecular formula is C15H20BrN3. The minimum Gasteiger partial charge on any atom is -0.366 e. The Morgan fingerprint density at radius 1 is 1.37 bits per heavy atom. The lowest BCUT2D eigenvalue weighted by molar-refractivity contribution is 0.379. The maximum absolute atomic E-state index is 9.10. The van der Waals surface area contributed by atoms with Crippen LogP contribution in [0, 0.1) is 11.3 Å². The summed E-state index contributed by atoms with van der Waals surface area (Å²) in [6.07, 6.45) is 2.24. The van der Waals surface area contributed by atoms with Crippen LogP contribution in [0.2, 0.25) is 0 Å². The van der Waals surface area contributed by atoms with Gasteiger partial charge in [-0.1, -0.05) is 29.8 Å². The minimum absolute atomic E-state index is 0.503. The summed E-state index contributed by atoms with van der Waals surface area (Å²) in [5.74, 6) is 0. The van der Waals surface area contributed by atoms with Gasteiger partial charge in [-0.15, -0.1) is 0 Å². The third-order valence-corrected chi connectivity index (χ3v) is 4.27. The Labute approximate surface area is 123 Å². The Hall–Kier alpha value is -1.05. The van der Waals surface area contributed by atoms with Crippen molar-refractivity contribution in [2.24, 2.45) is 0 Å². The molecule has 1 N–H and O–H groups in total. The molecule has 1 saturated heterocycles. The van der Waals surface area contributed by atoms with E-state index in [2.05, 4.69) is 52.1 Å². The Balaban J connectivity index is 2.31. The molecule has 1 aromatic carbocycles. The number of piperazine rings is 1. The molecule has 0 aromatic heterocycles. The van der Waals surface area contributed by atoms with Crippen molar-refractivity contribution >= 4 is 21.6 Å². The first-order valence-electron chi connectivity index (χ1n) is 6.88. The molecule has 0 aliphatic carbocycles. The summed E-state index contributed by atoms with van der Waals surface area (Å²) in [6.45, 7) is 6.46. The van der Waals surface area contributed by atoms with Crippen LogP contribution >= 0.6 is 15.9 Å². The molecule has 0 bridgehead atoms. The van der Waals surface area contributed by atoms with Gasteiger partial charge in [0.05, 0.1) is 11.6 Å². The number of nitrogens with one attached hydrogen (secondary N) is 1. The summed E-state index contributed by atoms with van der Waals surface area (Å²) in [7, 11) is 0. The van der Waals surface area contributed by atoms with E-state index in [4.69, 9.17) is 5.26 Å². The zero-order valence-corrected chi connectivity index (χ0v) is 13.1. The van der Waals surface area contributed by atoms with Crippen LogP contribution in [0.1, 0.15) is 32.3 Å². The van der Waals surface area contributed by atoms with Crippen LogP contribution in [0.4, 0.5) is 5.69 Å². The van der Waals surface area contributed by atoms with E-state index >= 15 is 0 Å². The molecule has 2 atom stereocenters. The Bertz CT molecular complexity index is 481. The van der Waals surface area contributed by atoms with Crippen LogP contribution in [-0.4, -0.2) is 25.2 Å². The second-order valence-electron chi connectivity index (χ2n) is 5.04. The number of anilines is 1. The number of halogens is 1. The first kappa shape index (κ1) is 14.4. The number of hydrogen-bond donors (Lipinski definition) is 1. The lowest BCUT2D eigenvalue weighted by atomic mass is 10.0. The fourth-order valence-corrected chi connectivity index (χ4v) is 3.10. The highest BCUT2D eigenvalue weighted by molar-refractivity contribution is 9.10. The maximum Gasteiger partial charge on any atom is 0.0992 e. The van der Waals surface area contributed by atoms with Gasteiger partial charge >= 0.3 is 0 Å². The molecule has 1 aliphatic rings. The molecule has 2 rings (SSSR count). The van der Waals surface area contributed by atoms with E-state index in [-0.39, 0.29) is 0 Å². The van der Waals surface area contributed by atoms with Gasteiger partial charge < -0.3 is 10.2 Å². The van der Waals surface area contributed by atoms with E-state index in [9.17, 15) is 0 Å². The summed E-state index contributed by atoms with van der Waals surface area (Å²) >= 11 is 3.50. The molecule has 19 heavy (non-hydrogen) atoms. The highest BCUT2D eigenvalue weighted by atomic mass is 79.9. The molecule has 4 heteroatoms. The maximum atomic E-state index is 9.10. The quantitative estimate of drug-likeness (QED) is 0.928. The summed E-state index contributed by atoms with van der Waals surface area (Å²) in [5, 5.41) is 12.7. The number of benzene rings is 1. The summed E-state index contributed by atoms with van der Waals surface area (Å²) < 4.78 is 0.975. The van der Waals surface area contributed by atoms with Crippen LogP contribution in [0.5, 0.6) is 0 Å². The Morgan fingerprint density at radius 3 is 2.79 bits per heavy atom. The highest BCUT2D eigenvalue weighted by Crippen LogP contribution is 2.27. The molecular weight excluding hydrogens is 302 g/mol. The number of rotatable bonds is 3. The van der Waals surface area contributed by atoms with Gasteiger partial charge in [-0.3, -0.25) is 0 Å². The van der Waals surface area contributed by atoms with Gasteiger partial charge in [0, 0.05) is 35.3 Å². The van der Waals surface area contributed by atoms with Gasteiger partial charge in [0.2, 0.25) is 0 Å². The molecule has 1 fully saturated rings. The average molecular weight is 322 g/mol. The number of nitriles is 1. The molecule has 0 spiro atoms. The van der Waals surface area contributed by atoms with E-state index in [1.54, 1.807) is 0 Å². The Morgan fingerprint density at radius 2 is 2.16 bits per heavy atom. The minimum atomic E-state index is 0.503. The third kappa shape index (κ3) is 3.29. The van der Waals surface area contributed by atoms with Crippen molar-refractivity contribution < 1.29 is 0 Å². The van der Waals surface area contributed by atoms with E-state index in [0.717, 1.165) is 36.1 Å². The Kier molecular flexibility index (Phi) is 4.84. The van der Waals surface area contributed by atoms with E-state index in [1.807, 2.05) is 12.1 Å². The van der Waals surface area contributed by atoms with Crippen molar-refractivity contribution in [3.63, 3.8) is 0 Å². The molecule has 1 aliphatic heterocycles. The summed E-state index contributed by atoms with van der Waals surface area (Å²) in [4.78, 5) is 2.44. The lowest BCUT2D eigenvalue weighted by Crippen LogP contribution is -2.56. The van der Waals surface area contributed by atoms with Crippen molar-refractivity contribution in [3.8, 4) is 6.07 Å². The van der Waals surface area contributed by atoms with Gasteiger partial charge in [-0.05, 0) is 31.0 Å². The monoisotopic (exact) mass is 321 g/mol. The standard InChI is InChI=1S/C15H20BrN3/c1-3-13-10-19(14(4-2)9-18-13)15-6-11(8-17)5-12(16)7-15/h5-7,13-14,18H,3-4,9-10H2,1-2H3. The van der Waals surface area contributed by atoms with Gasteiger partial charge in [0.15, 0.2) is 0 Å². The van der Waals surface area contributed by atoms with E-state index in [1.165, 1.54) is 0 Å². The second-order valence-corrected chi connectivity index (χ2v) is 5.95. The molecule has 1 heterocycles. The average Bonchev–Trinajstić information content (AvgIpc) is 2.45. The zero-order chi connectivity index (χ0) is 13.8. The fraction of sp³-hybridized carbons (Fsp3) is 0.533. The smallest absolute Gasteiger partial charge is 0.0992 e. The SMILES string of the molecule is CCC1CN(c2cc(Br)cc(C#N)c2)C(CC)CN1. The second kappa shape index (κ2) is 6.40. The van der Waals surface area contributed by atoms with Crippen LogP contribution in [-0.2, 0) is 0 Å². The molecule has 0 amide bonds. The van der Waals surface area contributed by atoms with Crippen LogP contribution in [0.3, 0.4) is 0 Å². The highest BCUT2D eigenvalue weighted by Gasteiger charge is 2.26. The molecule has 0 radical (unpaired) electrons. The molecule has 1 aromatic rings. The van der Waals surface area contributed by atoms with Crippen LogP contribution < -0.4 is 10.2 Å². The first-order chi connectivity index (χ1) is 9.17. The number of nitrogens with zero attached hydrogens (tertiary/aromatic N) is 2. The predicted molar refractivity (Wildman–Crippen MR) is 82.4 cm³/mol. The number of hydrogen-bond acceptors (Lipinski definition) is 3. The van der Waals surface area contributed by atoms with Gasteiger partial charge in [-0.2, -0.15) is 5.26 Å². The summed E-state index contributed by atoms with van der Waals surface area (Å²) in [6, 6.07) is 9.24. The molecule has 0 saturated carbocycles. The predicted octanol–water partition coefficient (Wildman–Crippen LogP) is 3.29. The van der Waals surface area contributed by atoms with Gasteiger partial charge in [0.25, 0.3) is 0 Å². The van der Waals surface area contributed by atoms with E-state index in [0.29, 0.717) is 17.6 Å². The van der Waals surface area contributed by atoms with Crippen molar-refractivity contribution in [1.29, 1.82) is 5.26 Å². The largest absolute Gasteiger partial charge is 0.366 e. The van der Waals surface area contributed by atoms with Crippen LogP contribution in [0.25, 0.3) is 0 Å². The van der Waals surface area contributed by atoms with Gasteiger partial charge in [-0.25, -0.2) is 0 Å². The summed E-state index contributed by atoms with van der Waals surface area (Å²) in [5.41, 5.74) is 1.86. The van der Waals surface area contributed by atoms with Crippen LogP contribution in [0.15, 0.2) is 22.7 Å². The van der Waals surface area contributed by atoms with Crippen molar-refractivity contribution in [2.75, 3.05) is 18.0 Å². The van der Waals surface area contributed by atoms with Crippen molar-refractivity contribution in [3.05, 3.63) is 28.2 Å². The van der Waals surface area contributed by atoms with Crippen molar-refractivity contribution in [2.45, 2.75) is 38.8 Å². The third-order valence-electron chi connectivity index (χ3n) is 3.81. The van der Waals surface area contributed by atoms with Crippen molar-refractivity contribution in [1.82, 2.24) is 5.32 Å². The van der Waals surface area contributed by atoms with Gasteiger partial charge in [0.1, 0.15) is 0 Å². The fourth-order valence-electron chi connectivity index (χ4n) is 2.62. The first-order valence-corrected chi connectivity index (χ1v) is 7.68. The lowest BCUT2D eigenvalue weighted by Gasteiger charge is -2.41. The molecule has 2 unspecified atom stereocenters. The normalized spacial score (nSPS) is 23.2. The molecule has 102 valence electrons. The van der Waals surface area contributed by atoms with E-state index < -0.39 is 0 Å². The molecule has 3 nitrogen and oxygen atoms in total. The zero-order valence-electron chi connectivity index (χ0n) is 11.5.